The number of nitriles is 1. The van der Waals surface area contributed by atoms with Crippen LogP contribution in [0.4, 0.5) is 0 Å². The zero-order chi connectivity index (χ0) is 13.4. The lowest BCUT2D eigenvalue weighted by Crippen LogP contribution is -2.42. The molecule has 0 aromatic heterocycles. The number of amides is 1. The van der Waals surface area contributed by atoms with E-state index < -0.39 is 5.41 Å². The van der Waals surface area contributed by atoms with Gasteiger partial charge in [0.05, 0.1) is 12.7 Å². The van der Waals surface area contributed by atoms with Crippen molar-refractivity contribution in [1.82, 2.24) is 5.32 Å². The molecule has 1 aliphatic rings. The number of carbonyl (C=O) groups excluding carboxylic acids is 1. The van der Waals surface area contributed by atoms with Gasteiger partial charge in [-0.2, -0.15) is 5.26 Å². The molecule has 1 amide bonds. The summed E-state index contributed by atoms with van der Waals surface area (Å²) < 4.78 is 5.28. The second-order valence-electron chi connectivity index (χ2n) is 5.13. The van der Waals surface area contributed by atoms with Crippen LogP contribution in [0, 0.1) is 22.7 Å². The molecule has 4 nitrogen and oxygen atoms in total. The first kappa shape index (κ1) is 15.0. The predicted octanol–water partition coefficient (Wildman–Crippen LogP) is 2.25. The fraction of sp³-hybridized carbons (Fsp3) is 0.857. The topological polar surface area (TPSA) is 62.1 Å². The van der Waals surface area contributed by atoms with Crippen LogP contribution >= 0.6 is 0 Å². The van der Waals surface area contributed by atoms with E-state index in [0.717, 1.165) is 32.5 Å². The maximum atomic E-state index is 12.3. The van der Waals surface area contributed by atoms with Crippen molar-refractivity contribution in [3.05, 3.63) is 0 Å². The molecule has 0 bridgehead atoms. The quantitative estimate of drug-likeness (QED) is 0.756. The van der Waals surface area contributed by atoms with Crippen LogP contribution in [0.15, 0.2) is 0 Å². The van der Waals surface area contributed by atoms with E-state index in [-0.39, 0.29) is 5.91 Å². The third-order valence-electron chi connectivity index (χ3n) is 3.58. The second kappa shape index (κ2) is 7.38. The average molecular weight is 252 g/mol. The van der Waals surface area contributed by atoms with E-state index in [1.807, 2.05) is 13.8 Å². The molecule has 1 saturated heterocycles. The maximum absolute atomic E-state index is 12.3. The molecule has 1 fully saturated rings. The Bertz CT molecular complexity index is 297. The van der Waals surface area contributed by atoms with Crippen LogP contribution in [0.1, 0.15) is 46.0 Å². The molecule has 0 spiro atoms. The van der Waals surface area contributed by atoms with E-state index >= 15 is 0 Å². The Morgan fingerprint density at radius 2 is 2.11 bits per heavy atom. The van der Waals surface area contributed by atoms with Gasteiger partial charge in [0, 0.05) is 19.1 Å². The largest absolute Gasteiger partial charge is 0.381 e. The van der Waals surface area contributed by atoms with Crippen LogP contribution < -0.4 is 5.32 Å². The van der Waals surface area contributed by atoms with E-state index in [1.165, 1.54) is 0 Å². The van der Waals surface area contributed by atoms with Crippen molar-refractivity contribution in [3.63, 3.8) is 0 Å². The van der Waals surface area contributed by atoms with Gasteiger partial charge < -0.3 is 10.1 Å². The summed E-state index contributed by atoms with van der Waals surface area (Å²) in [6.45, 7) is 6.17. The summed E-state index contributed by atoms with van der Waals surface area (Å²) in [6.07, 6.45) is 4.00. The highest BCUT2D eigenvalue weighted by molar-refractivity contribution is 5.85. The van der Waals surface area contributed by atoms with Gasteiger partial charge in [0.15, 0.2) is 0 Å². The van der Waals surface area contributed by atoms with Gasteiger partial charge in [0.1, 0.15) is 5.41 Å². The molecule has 4 heteroatoms. The van der Waals surface area contributed by atoms with Crippen molar-refractivity contribution >= 4 is 5.91 Å². The molecular weight excluding hydrogens is 228 g/mol. The fourth-order valence-electron chi connectivity index (χ4n) is 2.52. The molecule has 0 radical (unpaired) electrons. The van der Waals surface area contributed by atoms with Gasteiger partial charge in [-0.15, -0.1) is 0 Å². The van der Waals surface area contributed by atoms with Gasteiger partial charge in [-0.05, 0) is 19.3 Å². The second-order valence-corrected chi connectivity index (χ2v) is 5.13. The lowest BCUT2D eigenvalue weighted by Gasteiger charge is -2.25. The molecule has 1 N–H and O–H groups in total. The van der Waals surface area contributed by atoms with Crippen molar-refractivity contribution in [1.29, 1.82) is 5.26 Å². The van der Waals surface area contributed by atoms with Crippen LogP contribution in [-0.4, -0.2) is 25.7 Å². The van der Waals surface area contributed by atoms with Crippen LogP contribution in [0.5, 0.6) is 0 Å². The number of rotatable bonds is 7. The van der Waals surface area contributed by atoms with Crippen molar-refractivity contribution in [2.24, 2.45) is 11.3 Å². The summed E-state index contributed by atoms with van der Waals surface area (Å²) in [4.78, 5) is 12.3. The summed E-state index contributed by atoms with van der Waals surface area (Å²) >= 11 is 0. The fourth-order valence-corrected chi connectivity index (χ4v) is 2.52. The van der Waals surface area contributed by atoms with Crippen LogP contribution in [0.25, 0.3) is 0 Å². The Kier molecular flexibility index (Phi) is 6.14. The molecule has 1 atom stereocenters. The maximum Gasteiger partial charge on any atom is 0.240 e. The minimum Gasteiger partial charge on any atom is -0.381 e. The summed E-state index contributed by atoms with van der Waals surface area (Å²) in [7, 11) is 0. The molecule has 102 valence electrons. The van der Waals surface area contributed by atoms with E-state index in [1.54, 1.807) is 0 Å². The average Bonchev–Trinajstić information content (AvgIpc) is 2.88. The summed E-state index contributed by atoms with van der Waals surface area (Å²) in [5.41, 5.74) is -0.830. The van der Waals surface area contributed by atoms with Crippen molar-refractivity contribution in [3.8, 4) is 6.07 Å². The van der Waals surface area contributed by atoms with Crippen LogP contribution in [-0.2, 0) is 9.53 Å². The standard InChI is InChI=1S/C14H24N2O2/c1-3-6-14(11-15,7-4-2)13(17)16-9-12-5-8-18-10-12/h12H,3-10H2,1-2H3,(H,16,17). The molecule has 18 heavy (non-hydrogen) atoms. The molecular formula is C14H24N2O2. The number of nitrogens with zero attached hydrogens (tertiary/aromatic N) is 1. The predicted molar refractivity (Wildman–Crippen MR) is 69.8 cm³/mol. The lowest BCUT2D eigenvalue weighted by molar-refractivity contribution is -0.129. The molecule has 1 aliphatic heterocycles. The Morgan fingerprint density at radius 1 is 1.44 bits per heavy atom. The first-order valence-electron chi connectivity index (χ1n) is 6.95. The van der Waals surface area contributed by atoms with Gasteiger partial charge >= 0.3 is 0 Å². The number of ether oxygens (including phenoxy) is 1. The first-order valence-corrected chi connectivity index (χ1v) is 6.95. The Labute approximate surface area is 110 Å². The Balaban J connectivity index is 2.55. The van der Waals surface area contributed by atoms with Gasteiger partial charge in [-0.3, -0.25) is 4.79 Å². The molecule has 0 aliphatic carbocycles. The number of hydrogen-bond donors (Lipinski definition) is 1. The monoisotopic (exact) mass is 252 g/mol. The Morgan fingerprint density at radius 3 is 2.56 bits per heavy atom. The minimum absolute atomic E-state index is 0.0967. The molecule has 0 aromatic carbocycles. The zero-order valence-electron chi connectivity index (χ0n) is 11.5. The summed E-state index contributed by atoms with van der Waals surface area (Å²) in [6, 6.07) is 2.25. The van der Waals surface area contributed by atoms with Crippen molar-refractivity contribution < 1.29 is 9.53 Å². The minimum atomic E-state index is -0.830. The SMILES string of the molecule is CCCC(C#N)(CCC)C(=O)NCC1CCOC1. The van der Waals surface area contributed by atoms with Gasteiger partial charge in [-0.25, -0.2) is 0 Å². The first-order chi connectivity index (χ1) is 8.68. The van der Waals surface area contributed by atoms with Gasteiger partial charge in [0.2, 0.25) is 5.91 Å². The van der Waals surface area contributed by atoms with Crippen LogP contribution in [0.3, 0.4) is 0 Å². The third-order valence-corrected chi connectivity index (χ3v) is 3.58. The van der Waals surface area contributed by atoms with Crippen molar-refractivity contribution in [2.75, 3.05) is 19.8 Å². The highest BCUT2D eigenvalue weighted by Crippen LogP contribution is 2.29. The molecule has 1 rings (SSSR count). The van der Waals surface area contributed by atoms with E-state index in [0.29, 0.717) is 25.3 Å². The number of nitrogens with one attached hydrogen (secondary N) is 1. The normalized spacial score (nSPS) is 19.5. The van der Waals surface area contributed by atoms with Crippen molar-refractivity contribution in [2.45, 2.75) is 46.0 Å². The molecule has 0 saturated carbocycles. The summed E-state index contributed by atoms with van der Waals surface area (Å²) in [5.74, 6) is 0.314. The van der Waals surface area contributed by atoms with Gasteiger partial charge in [-0.1, -0.05) is 26.7 Å². The summed E-state index contributed by atoms with van der Waals surface area (Å²) in [5, 5.41) is 12.3. The molecule has 1 heterocycles. The number of carbonyl (C=O) groups is 1. The van der Waals surface area contributed by atoms with Gasteiger partial charge in [0.25, 0.3) is 0 Å². The number of hydrogen-bond acceptors (Lipinski definition) is 3. The zero-order valence-corrected chi connectivity index (χ0v) is 11.5. The molecule has 1 unspecified atom stereocenters. The highest BCUT2D eigenvalue weighted by Gasteiger charge is 2.37. The van der Waals surface area contributed by atoms with E-state index in [9.17, 15) is 10.1 Å². The van der Waals surface area contributed by atoms with E-state index in [4.69, 9.17) is 4.74 Å². The highest BCUT2D eigenvalue weighted by atomic mass is 16.5. The lowest BCUT2D eigenvalue weighted by atomic mass is 9.79. The Hall–Kier alpha value is -1.08. The molecule has 0 aromatic rings. The third kappa shape index (κ3) is 3.71. The van der Waals surface area contributed by atoms with Crippen LogP contribution in [0.2, 0.25) is 0 Å². The smallest absolute Gasteiger partial charge is 0.240 e. The van der Waals surface area contributed by atoms with E-state index in [2.05, 4.69) is 11.4 Å².